The van der Waals surface area contributed by atoms with E-state index in [-0.39, 0.29) is 0 Å². The monoisotopic (exact) mass is 178 g/mol. The Morgan fingerprint density at radius 3 is 2.92 bits per heavy atom. The smallest absolute Gasteiger partial charge is 0.143 e. The zero-order chi connectivity index (χ0) is 9.10. The molecule has 1 aliphatic heterocycles. The van der Waals surface area contributed by atoms with Crippen molar-refractivity contribution >= 4 is 13.3 Å². The van der Waals surface area contributed by atoms with Crippen molar-refractivity contribution in [1.82, 2.24) is 9.78 Å². The Morgan fingerprint density at radius 2 is 2.31 bits per heavy atom. The second kappa shape index (κ2) is 3.96. The highest BCUT2D eigenvalue weighted by Crippen LogP contribution is 2.15. The van der Waals surface area contributed by atoms with Gasteiger partial charge in [-0.05, 0) is 18.8 Å². The Balaban J connectivity index is 1.89. The van der Waals surface area contributed by atoms with E-state index in [0.29, 0.717) is 0 Å². The van der Waals surface area contributed by atoms with Gasteiger partial charge in [-0.1, -0.05) is 5.46 Å². The van der Waals surface area contributed by atoms with E-state index < -0.39 is 0 Å². The lowest BCUT2D eigenvalue weighted by atomic mass is 10.00. The van der Waals surface area contributed by atoms with Gasteiger partial charge in [0.15, 0.2) is 0 Å². The molecule has 0 amide bonds. The average Bonchev–Trinajstić information content (AvgIpc) is 2.53. The van der Waals surface area contributed by atoms with Crippen LogP contribution in [0.4, 0.5) is 0 Å². The van der Waals surface area contributed by atoms with E-state index in [4.69, 9.17) is 4.74 Å². The van der Waals surface area contributed by atoms with E-state index in [2.05, 4.69) is 19.1 Å². The van der Waals surface area contributed by atoms with Crippen molar-refractivity contribution in [1.29, 1.82) is 0 Å². The minimum absolute atomic E-state index is 0.757. The number of rotatable bonds is 2. The molecule has 13 heavy (non-hydrogen) atoms. The molecular formula is C9H15BN2O. The standard InChI is InChI=1S/C9H15BN2O/c10-9-5-11-12(7-9)6-8-1-3-13-4-2-8/h5,7-8H,1-4,6,10H2. The van der Waals surface area contributed by atoms with Crippen LogP contribution < -0.4 is 5.46 Å². The fourth-order valence-corrected chi connectivity index (χ4v) is 1.76. The lowest BCUT2D eigenvalue weighted by molar-refractivity contribution is 0.0601. The molecule has 2 heterocycles. The van der Waals surface area contributed by atoms with Crippen molar-refractivity contribution < 1.29 is 4.74 Å². The zero-order valence-electron chi connectivity index (χ0n) is 8.07. The van der Waals surface area contributed by atoms with E-state index in [9.17, 15) is 0 Å². The molecule has 70 valence electrons. The van der Waals surface area contributed by atoms with Gasteiger partial charge in [-0.2, -0.15) is 5.10 Å². The first-order chi connectivity index (χ1) is 6.34. The molecule has 4 heteroatoms. The maximum Gasteiger partial charge on any atom is 0.143 e. The van der Waals surface area contributed by atoms with E-state index in [1.54, 1.807) is 0 Å². The minimum Gasteiger partial charge on any atom is -0.381 e. The summed E-state index contributed by atoms with van der Waals surface area (Å²) in [5, 5.41) is 4.29. The van der Waals surface area contributed by atoms with Gasteiger partial charge in [-0.3, -0.25) is 4.68 Å². The highest BCUT2D eigenvalue weighted by molar-refractivity contribution is 6.31. The number of hydrogen-bond donors (Lipinski definition) is 0. The summed E-state index contributed by atoms with van der Waals surface area (Å²) in [7, 11) is 2.08. The zero-order valence-corrected chi connectivity index (χ0v) is 8.07. The highest BCUT2D eigenvalue weighted by Gasteiger charge is 2.14. The lowest BCUT2D eigenvalue weighted by Crippen LogP contribution is -2.20. The highest BCUT2D eigenvalue weighted by atomic mass is 16.5. The van der Waals surface area contributed by atoms with Crippen LogP contribution in [-0.2, 0) is 11.3 Å². The van der Waals surface area contributed by atoms with Crippen LogP contribution in [0.3, 0.4) is 0 Å². The van der Waals surface area contributed by atoms with Crippen molar-refractivity contribution in [3.63, 3.8) is 0 Å². The second-order valence-corrected chi connectivity index (χ2v) is 3.80. The largest absolute Gasteiger partial charge is 0.381 e. The maximum absolute atomic E-state index is 5.31. The maximum atomic E-state index is 5.31. The predicted molar refractivity (Wildman–Crippen MR) is 53.9 cm³/mol. The molecule has 0 bridgehead atoms. The van der Waals surface area contributed by atoms with Crippen LogP contribution in [0, 0.1) is 5.92 Å². The average molecular weight is 178 g/mol. The molecule has 0 aromatic carbocycles. The Hall–Kier alpha value is -0.765. The summed E-state index contributed by atoms with van der Waals surface area (Å²) in [5.41, 5.74) is 1.24. The van der Waals surface area contributed by atoms with Gasteiger partial charge in [0.1, 0.15) is 7.85 Å². The topological polar surface area (TPSA) is 27.1 Å². The molecular weight excluding hydrogens is 163 g/mol. The summed E-state index contributed by atoms with van der Waals surface area (Å²) in [6.45, 7) is 2.90. The number of aromatic nitrogens is 2. The summed E-state index contributed by atoms with van der Waals surface area (Å²) < 4.78 is 7.36. The summed E-state index contributed by atoms with van der Waals surface area (Å²) in [6.07, 6.45) is 6.38. The van der Waals surface area contributed by atoms with Gasteiger partial charge < -0.3 is 4.74 Å². The third kappa shape index (κ3) is 2.34. The van der Waals surface area contributed by atoms with E-state index in [1.165, 1.54) is 18.3 Å². The Morgan fingerprint density at radius 1 is 1.54 bits per heavy atom. The third-order valence-electron chi connectivity index (χ3n) is 2.55. The van der Waals surface area contributed by atoms with Crippen molar-refractivity contribution in [3.8, 4) is 0 Å². The van der Waals surface area contributed by atoms with Crippen LogP contribution in [0.5, 0.6) is 0 Å². The van der Waals surface area contributed by atoms with E-state index >= 15 is 0 Å². The Bertz CT molecular complexity index is 268. The summed E-state index contributed by atoms with van der Waals surface area (Å²) >= 11 is 0. The SMILES string of the molecule is Bc1cnn(CC2CCOCC2)c1. The van der Waals surface area contributed by atoms with Gasteiger partial charge in [0.2, 0.25) is 0 Å². The van der Waals surface area contributed by atoms with Crippen LogP contribution >= 0.6 is 0 Å². The fraction of sp³-hybridized carbons (Fsp3) is 0.667. The van der Waals surface area contributed by atoms with Gasteiger partial charge in [0.25, 0.3) is 0 Å². The van der Waals surface area contributed by atoms with Gasteiger partial charge in [-0.25, -0.2) is 0 Å². The molecule has 0 spiro atoms. The van der Waals surface area contributed by atoms with Gasteiger partial charge in [0.05, 0.1) is 0 Å². The van der Waals surface area contributed by atoms with Gasteiger partial charge in [0, 0.05) is 32.2 Å². The van der Waals surface area contributed by atoms with Crippen LogP contribution in [0.25, 0.3) is 0 Å². The van der Waals surface area contributed by atoms with Crippen LogP contribution in [0.15, 0.2) is 12.4 Å². The molecule has 0 atom stereocenters. The van der Waals surface area contributed by atoms with Crippen molar-refractivity contribution in [2.75, 3.05) is 13.2 Å². The molecule has 0 aliphatic carbocycles. The summed E-state index contributed by atoms with van der Waals surface area (Å²) in [6, 6.07) is 0. The molecule has 1 aromatic heterocycles. The molecule has 0 radical (unpaired) electrons. The molecule has 2 rings (SSSR count). The number of hydrogen-bond acceptors (Lipinski definition) is 2. The molecule has 1 fully saturated rings. The van der Waals surface area contributed by atoms with E-state index in [0.717, 1.165) is 25.7 Å². The lowest BCUT2D eigenvalue weighted by Gasteiger charge is -2.21. The predicted octanol–water partition coefficient (Wildman–Crippen LogP) is -0.432. The van der Waals surface area contributed by atoms with Crippen molar-refractivity contribution in [3.05, 3.63) is 12.4 Å². The molecule has 3 nitrogen and oxygen atoms in total. The summed E-state index contributed by atoms with van der Waals surface area (Å²) in [4.78, 5) is 0. The first-order valence-corrected chi connectivity index (χ1v) is 4.91. The van der Waals surface area contributed by atoms with Crippen LogP contribution in [0.1, 0.15) is 12.8 Å². The summed E-state index contributed by atoms with van der Waals surface area (Å²) in [5.74, 6) is 0.757. The molecule has 0 saturated carbocycles. The Labute approximate surface area is 79.5 Å². The van der Waals surface area contributed by atoms with Crippen LogP contribution in [0.2, 0.25) is 0 Å². The molecule has 1 aromatic rings. The van der Waals surface area contributed by atoms with E-state index in [1.807, 2.05) is 10.9 Å². The second-order valence-electron chi connectivity index (χ2n) is 3.80. The Kier molecular flexibility index (Phi) is 2.69. The van der Waals surface area contributed by atoms with Gasteiger partial charge >= 0.3 is 0 Å². The number of nitrogens with zero attached hydrogens (tertiary/aromatic N) is 2. The molecule has 1 saturated heterocycles. The van der Waals surface area contributed by atoms with Crippen LogP contribution in [-0.4, -0.2) is 30.8 Å². The van der Waals surface area contributed by atoms with Crippen molar-refractivity contribution in [2.24, 2.45) is 5.92 Å². The number of ether oxygens (including phenoxy) is 1. The third-order valence-corrected chi connectivity index (χ3v) is 2.55. The first-order valence-electron chi connectivity index (χ1n) is 4.91. The van der Waals surface area contributed by atoms with Crippen molar-refractivity contribution in [2.45, 2.75) is 19.4 Å². The minimum atomic E-state index is 0.757. The molecule has 1 aliphatic rings. The normalized spacial score (nSPS) is 19.1. The first kappa shape index (κ1) is 8.82. The quantitative estimate of drug-likeness (QED) is 0.574. The molecule has 0 N–H and O–H groups in total. The molecule has 0 unspecified atom stereocenters. The van der Waals surface area contributed by atoms with Gasteiger partial charge in [-0.15, -0.1) is 0 Å². The fourth-order valence-electron chi connectivity index (χ4n) is 1.76.